The summed E-state index contributed by atoms with van der Waals surface area (Å²) < 4.78 is 0. The maximum atomic E-state index is 2.75. The first-order valence-corrected chi connectivity index (χ1v) is 26.7. The first-order chi connectivity index (χ1) is 33.4. The molecule has 360 valence electrons. The Kier molecular flexibility index (Phi) is 9.76. The van der Waals surface area contributed by atoms with E-state index in [1.807, 2.05) is 0 Å². The molecule has 0 radical (unpaired) electrons. The Labute approximate surface area is 426 Å². The normalized spacial score (nSPS) is 20.5. The van der Waals surface area contributed by atoms with Gasteiger partial charge in [-0.25, -0.2) is 0 Å². The lowest BCUT2D eigenvalue weighted by Gasteiger charge is -2.56. The summed E-state index contributed by atoms with van der Waals surface area (Å²) in [7, 11) is 0. The number of aryl methyl sites for hydroxylation is 2. The van der Waals surface area contributed by atoms with Gasteiger partial charge in [-0.15, -0.1) is 0 Å². The molecule has 12 rings (SSSR count). The predicted molar refractivity (Wildman–Crippen MR) is 306 cm³/mol. The summed E-state index contributed by atoms with van der Waals surface area (Å²) in [5, 5.41) is 0. The molecule has 7 aromatic rings. The zero-order chi connectivity index (χ0) is 50.1. The third-order valence-electron chi connectivity index (χ3n) is 18.1. The van der Waals surface area contributed by atoms with Crippen LogP contribution in [0.15, 0.2) is 127 Å². The molecule has 0 spiro atoms. The summed E-state index contributed by atoms with van der Waals surface area (Å²) in [6.07, 6.45) is 4.54. The second-order valence-electron chi connectivity index (χ2n) is 26.8. The Balaban J connectivity index is 1.15. The Bertz CT molecular complexity index is 3370. The number of hydrogen-bond donors (Lipinski definition) is 0. The van der Waals surface area contributed by atoms with Gasteiger partial charge in [0.1, 0.15) is 0 Å². The van der Waals surface area contributed by atoms with Gasteiger partial charge in [-0.3, -0.25) is 0 Å². The van der Waals surface area contributed by atoms with Crippen molar-refractivity contribution in [2.75, 3.05) is 14.7 Å². The van der Waals surface area contributed by atoms with E-state index in [0.717, 1.165) is 19.3 Å². The van der Waals surface area contributed by atoms with E-state index in [2.05, 4.69) is 246 Å². The lowest BCUT2D eigenvalue weighted by Crippen LogP contribution is -2.62. The number of anilines is 8. The van der Waals surface area contributed by atoms with Crippen molar-refractivity contribution in [1.29, 1.82) is 0 Å². The molecule has 4 heteroatoms. The van der Waals surface area contributed by atoms with Gasteiger partial charge in [-0.2, -0.15) is 0 Å². The van der Waals surface area contributed by atoms with Crippen LogP contribution < -0.4 is 31.1 Å². The summed E-state index contributed by atoms with van der Waals surface area (Å²) in [4.78, 5) is 8.10. The van der Waals surface area contributed by atoms with Gasteiger partial charge in [-0.05, 0) is 189 Å². The van der Waals surface area contributed by atoms with Crippen molar-refractivity contribution in [2.24, 2.45) is 5.41 Å². The highest BCUT2D eigenvalue weighted by Gasteiger charge is 2.63. The van der Waals surface area contributed by atoms with Gasteiger partial charge in [0.2, 0.25) is 0 Å². The molecule has 0 bridgehead atoms. The summed E-state index contributed by atoms with van der Waals surface area (Å²) in [6, 6.07) is 51.0. The second kappa shape index (κ2) is 15.0. The maximum absolute atomic E-state index is 2.75. The third-order valence-corrected chi connectivity index (χ3v) is 18.1. The first-order valence-electron chi connectivity index (χ1n) is 26.7. The van der Waals surface area contributed by atoms with E-state index in [4.69, 9.17) is 0 Å². The molecule has 3 aliphatic heterocycles. The topological polar surface area (TPSA) is 9.72 Å². The molecule has 0 N–H and O–H groups in total. The quantitative estimate of drug-likeness (QED) is 0.163. The molecular formula is C67H74BN3. The fourth-order valence-electron chi connectivity index (χ4n) is 13.7. The lowest BCUT2D eigenvalue weighted by atomic mass is 9.33. The average Bonchev–Trinajstić information content (AvgIpc) is 3.67. The highest BCUT2D eigenvalue weighted by molar-refractivity contribution is 7.00. The van der Waals surface area contributed by atoms with Crippen molar-refractivity contribution in [1.82, 2.24) is 0 Å². The molecule has 5 aliphatic rings. The number of nitrogens with zero attached hydrogens (tertiary/aromatic N) is 3. The van der Waals surface area contributed by atoms with Gasteiger partial charge in [0.25, 0.3) is 6.71 Å². The molecule has 2 unspecified atom stereocenters. The van der Waals surface area contributed by atoms with Crippen LogP contribution in [0.3, 0.4) is 0 Å². The minimum atomic E-state index is -0.0319. The SMILES string of the molecule is Cc1cc2c3c(c1)N(c1ccc(C(C)(C)C)cc1-c1ccccc1)c1cc4c(cc1B3c1ccc(N3c5ccc(C(C)(C)C)cc5C5(C)CCC35C)cc1N2c1ccc(C(C)(C)C)cc1C)CC(C)(C)C4. The van der Waals surface area contributed by atoms with E-state index in [1.165, 1.54) is 124 Å². The molecule has 2 aliphatic carbocycles. The molecule has 2 atom stereocenters. The molecule has 3 nitrogen and oxygen atoms in total. The lowest BCUT2D eigenvalue weighted by molar-refractivity contribution is 0.133. The summed E-state index contributed by atoms with van der Waals surface area (Å²) in [5.41, 5.74) is 28.5. The van der Waals surface area contributed by atoms with E-state index in [-0.39, 0.29) is 39.3 Å². The number of hydrogen-bond acceptors (Lipinski definition) is 3. The number of benzene rings is 7. The minimum Gasteiger partial charge on any atom is -0.334 e. The van der Waals surface area contributed by atoms with E-state index in [0.29, 0.717) is 0 Å². The van der Waals surface area contributed by atoms with E-state index in [1.54, 1.807) is 0 Å². The average molecular weight is 932 g/mol. The van der Waals surface area contributed by atoms with Crippen molar-refractivity contribution in [2.45, 2.75) is 157 Å². The van der Waals surface area contributed by atoms with Crippen LogP contribution in [0.1, 0.15) is 147 Å². The van der Waals surface area contributed by atoms with Crippen LogP contribution in [0, 0.1) is 19.3 Å². The zero-order valence-electron chi connectivity index (χ0n) is 45.4. The molecule has 1 fully saturated rings. The first kappa shape index (κ1) is 46.1. The van der Waals surface area contributed by atoms with Crippen LogP contribution in [0.2, 0.25) is 0 Å². The van der Waals surface area contributed by atoms with Gasteiger partial charge >= 0.3 is 0 Å². The predicted octanol–water partition coefficient (Wildman–Crippen LogP) is 16.0. The molecule has 7 aromatic carbocycles. The fourth-order valence-corrected chi connectivity index (χ4v) is 13.7. The van der Waals surface area contributed by atoms with Crippen molar-refractivity contribution in [3.05, 3.63) is 172 Å². The van der Waals surface area contributed by atoms with Crippen LogP contribution in [-0.2, 0) is 34.5 Å². The van der Waals surface area contributed by atoms with E-state index < -0.39 is 0 Å². The standard InChI is InChI=1S/C67H74BN3/c1-41-31-59-61-60(32-41)70(55-27-22-47(63(6,7)8)36-50(55)43-19-17-16-18-20-43)57-35-45-40-65(12,13)39-44(45)34-53(57)68(61)52-25-24-49(38-58(52)69(59)54-26-21-46(33-42(54)2)62(3,4)5)71-56-28-23-48(64(9,10)11)37-51(56)66(14)29-30-67(66,71)15/h16-28,31-38H,29-30,39-40H2,1-15H3. The Morgan fingerprint density at radius 2 is 1.04 bits per heavy atom. The highest BCUT2D eigenvalue weighted by atomic mass is 15.3. The molecule has 0 amide bonds. The van der Waals surface area contributed by atoms with Crippen LogP contribution in [-0.4, -0.2) is 12.3 Å². The molecule has 3 heterocycles. The Hall–Kier alpha value is -6.00. The van der Waals surface area contributed by atoms with Crippen LogP contribution in [0.4, 0.5) is 45.5 Å². The molecule has 1 saturated carbocycles. The Morgan fingerprint density at radius 3 is 1.65 bits per heavy atom. The van der Waals surface area contributed by atoms with Crippen LogP contribution >= 0.6 is 0 Å². The van der Waals surface area contributed by atoms with Gasteiger partial charge < -0.3 is 14.7 Å². The minimum absolute atomic E-state index is 0.00742. The fraction of sp³-hybridized carbons (Fsp3) is 0.373. The molecule has 0 saturated heterocycles. The summed E-state index contributed by atoms with van der Waals surface area (Å²) >= 11 is 0. The van der Waals surface area contributed by atoms with Gasteiger partial charge in [0.15, 0.2) is 0 Å². The summed E-state index contributed by atoms with van der Waals surface area (Å²) in [6.45, 7) is 35.7. The van der Waals surface area contributed by atoms with Crippen LogP contribution in [0.25, 0.3) is 11.1 Å². The monoisotopic (exact) mass is 932 g/mol. The van der Waals surface area contributed by atoms with Gasteiger partial charge in [0.05, 0.1) is 11.2 Å². The van der Waals surface area contributed by atoms with Crippen LogP contribution in [0.5, 0.6) is 0 Å². The largest absolute Gasteiger partial charge is 0.334 e. The number of fused-ring (bicyclic) bond motifs is 8. The Morgan fingerprint density at radius 1 is 0.479 bits per heavy atom. The van der Waals surface area contributed by atoms with E-state index >= 15 is 0 Å². The van der Waals surface area contributed by atoms with Gasteiger partial charge in [0, 0.05) is 50.8 Å². The molecular weight excluding hydrogens is 858 g/mol. The van der Waals surface area contributed by atoms with Crippen molar-refractivity contribution >= 4 is 68.6 Å². The maximum Gasteiger partial charge on any atom is 0.252 e. The van der Waals surface area contributed by atoms with Crippen molar-refractivity contribution in [3.8, 4) is 11.1 Å². The molecule has 0 aromatic heterocycles. The second-order valence-corrected chi connectivity index (χ2v) is 26.8. The van der Waals surface area contributed by atoms with Crippen molar-refractivity contribution in [3.63, 3.8) is 0 Å². The molecule has 71 heavy (non-hydrogen) atoms. The number of rotatable bonds is 4. The zero-order valence-corrected chi connectivity index (χ0v) is 45.4. The van der Waals surface area contributed by atoms with Gasteiger partial charge in [-0.1, -0.05) is 156 Å². The summed E-state index contributed by atoms with van der Waals surface area (Å²) in [5.74, 6) is 0. The smallest absolute Gasteiger partial charge is 0.252 e. The third kappa shape index (κ3) is 6.82. The van der Waals surface area contributed by atoms with E-state index in [9.17, 15) is 0 Å². The highest BCUT2D eigenvalue weighted by Crippen LogP contribution is 2.65. The van der Waals surface area contributed by atoms with Crippen molar-refractivity contribution < 1.29 is 0 Å².